The number of hydrogen-bond acceptors (Lipinski definition) is 4. The molecule has 6 nitrogen and oxygen atoms in total. The lowest BCUT2D eigenvalue weighted by molar-refractivity contribution is -0.120. The summed E-state index contributed by atoms with van der Waals surface area (Å²) in [5, 5.41) is 15.3. The van der Waals surface area contributed by atoms with E-state index in [1.807, 2.05) is 31.5 Å². The molecule has 0 saturated carbocycles. The molecule has 0 aliphatic rings. The smallest absolute Gasteiger partial charge is 0.234 e. The molecule has 2 heterocycles. The Hall–Kier alpha value is -2.42. The van der Waals surface area contributed by atoms with Gasteiger partial charge in [0.2, 0.25) is 5.91 Å². The molecule has 6 heteroatoms. The summed E-state index contributed by atoms with van der Waals surface area (Å²) in [4.78, 5) is 15.4. The van der Waals surface area contributed by atoms with Gasteiger partial charge >= 0.3 is 0 Å². The van der Waals surface area contributed by atoms with Gasteiger partial charge in [-0.15, -0.1) is 0 Å². The van der Waals surface area contributed by atoms with Crippen molar-refractivity contribution in [2.24, 2.45) is 0 Å². The third-order valence-electron chi connectivity index (χ3n) is 2.69. The highest BCUT2D eigenvalue weighted by atomic mass is 16.1. The predicted octanol–water partition coefficient (Wildman–Crippen LogP) is 1.00. The number of aryl methyl sites for hydroxylation is 2. The van der Waals surface area contributed by atoms with Gasteiger partial charge in [0, 0.05) is 25.0 Å². The van der Waals surface area contributed by atoms with Crippen LogP contribution in [-0.4, -0.2) is 27.0 Å². The lowest BCUT2D eigenvalue weighted by Crippen LogP contribution is -2.23. The highest BCUT2D eigenvalue weighted by molar-refractivity contribution is 5.77. The minimum Gasteiger partial charge on any atom is -0.355 e. The summed E-state index contributed by atoms with van der Waals surface area (Å²) in [5.74, 6) is -0.223. The molecular weight excluding hydrogens is 242 g/mol. The second-order valence-corrected chi connectivity index (χ2v) is 4.34. The van der Waals surface area contributed by atoms with Crippen LogP contribution in [0.2, 0.25) is 0 Å². The van der Waals surface area contributed by atoms with E-state index in [0.717, 1.165) is 29.7 Å². The zero-order chi connectivity index (χ0) is 13.7. The molecule has 0 unspecified atom stereocenters. The number of carbonyl (C=O) groups is 1. The first-order valence-electron chi connectivity index (χ1n) is 6.13. The van der Waals surface area contributed by atoms with Crippen molar-refractivity contribution in [2.75, 3.05) is 6.54 Å². The Morgan fingerprint density at radius 2 is 2.42 bits per heavy atom. The van der Waals surface area contributed by atoms with Crippen molar-refractivity contribution in [1.29, 1.82) is 5.26 Å². The van der Waals surface area contributed by atoms with Crippen LogP contribution in [0.4, 0.5) is 0 Å². The topological polar surface area (TPSA) is 83.1 Å². The number of rotatable bonds is 5. The van der Waals surface area contributed by atoms with Gasteiger partial charge in [0.15, 0.2) is 5.65 Å². The van der Waals surface area contributed by atoms with E-state index in [0.29, 0.717) is 6.54 Å². The fourth-order valence-electron chi connectivity index (χ4n) is 1.82. The predicted molar refractivity (Wildman–Crippen MR) is 69.3 cm³/mol. The largest absolute Gasteiger partial charge is 0.355 e. The second-order valence-electron chi connectivity index (χ2n) is 4.34. The highest BCUT2D eigenvalue weighted by Gasteiger charge is 2.02. The van der Waals surface area contributed by atoms with E-state index >= 15 is 0 Å². The van der Waals surface area contributed by atoms with Gasteiger partial charge in [-0.3, -0.25) is 4.79 Å². The molecule has 0 spiro atoms. The Kier molecular flexibility index (Phi) is 4.08. The van der Waals surface area contributed by atoms with Gasteiger partial charge in [0.25, 0.3) is 0 Å². The third kappa shape index (κ3) is 3.52. The maximum Gasteiger partial charge on any atom is 0.234 e. The molecule has 1 amide bonds. The van der Waals surface area contributed by atoms with Crippen molar-refractivity contribution in [3.63, 3.8) is 0 Å². The van der Waals surface area contributed by atoms with Crippen LogP contribution in [0.25, 0.3) is 5.65 Å². The fraction of sp³-hybridized carbons (Fsp3) is 0.385. The molecule has 19 heavy (non-hydrogen) atoms. The molecular formula is C13H15N5O. The summed E-state index contributed by atoms with van der Waals surface area (Å²) >= 11 is 0. The maximum absolute atomic E-state index is 11.1. The van der Waals surface area contributed by atoms with Crippen LogP contribution >= 0.6 is 0 Å². The molecule has 1 N–H and O–H groups in total. The average Bonchev–Trinajstić information content (AvgIpc) is 2.74. The highest BCUT2D eigenvalue weighted by Crippen LogP contribution is 2.06. The number of aromatic nitrogens is 3. The van der Waals surface area contributed by atoms with Gasteiger partial charge in [-0.25, -0.2) is 9.50 Å². The molecule has 0 atom stereocenters. The number of nitrogens with one attached hydrogen (secondary N) is 1. The first-order valence-corrected chi connectivity index (χ1v) is 6.13. The van der Waals surface area contributed by atoms with E-state index in [2.05, 4.69) is 15.4 Å². The number of amides is 1. The maximum atomic E-state index is 11.1. The first-order chi connectivity index (χ1) is 9.19. The van der Waals surface area contributed by atoms with Crippen LogP contribution in [-0.2, 0) is 11.2 Å². The van der Waals surface area contributed by atoms with Gasteiger partial charge in [-0.2, -0.15) is 10.4 Å². The summed E-state index contributed by atoms with van der Waals surface area (Å²) in [6.07, 6.45) is 5.32. The summed E-state index contributed by atoms with van der Waals surface area (Å²) in [5.41, 5.74) is 2.85. The molecule has 0 fully saturated rings. The summed E-state index contributed by atoms with van der Waals surface area (Å²) in [7, 11) is 0. The minimum absolute atomic E-state index is 0.0833. The SMILES string of the molecule is Cc1cc2ncc(CCCNC(=O)CC#N)cn2n1. The average molecular weight is 257 g/mol. The zero-order valence-corrected chi connectivity index (χ0v) is 10.8. The molecule has 0 aliphatic carbocycles. The quantitative estimate of drug-likeness (QED) is 0.810. The van der Waals surface area contributed by atoms with Crippen LogP contribution in [0.5, 0.6) is 0 Å². The Morgan fingerprint density at radius 3 is 3.21 bits per heavy atom. The molecule has 0 saturated heterocycles. The van der Waals surface area contributed by atoms with E-state index in [4.69, 9.17) is 5.26 Å². The Bertz CT molecular complexity index is 625. The summed E-state index contributed by atoms with van der Waals surface area (Å²) in [6.45, 7) is 2.50. The van der Waals surface area contributed by atoms with Crippen molar-refractivity contribution >= 4 is 11.6 Å². The molecule has 0 radical (unpaired) electrons. The van der Waals surface area contributed by atoms with Crippen molar-refractivity contribution in [1.82, 2.24) is 19.9 Å². The number of fused-ring (bicyclic) bond motifs is 1. The van der Waals surface area contributed by atoms with Crippen LogP contribution in [0, 0.1) is 18.3 Å². The minimum atomic E-state index is -0.223. The molecule has 0 bridgehead atoms. The van der Waals surface area contributed by atoms with Crippen molar-refractivity contribution in [2.45, 2.75) is 26.2 Å². The van der Waals surface area contributed by atoms with E-state index in [-0.39, 0.29) is 12.3 Å². The lowest BCUT2D eigenvalue weighted by Gasteiger charge is -2.03. The molecule has 2 aromatic rings. The van der Waals surface area contributed by atoms with E-state index in [9.17, 15) is 4.79 Å². The van der Waals surface area contributed by atoms with Gasteiger partial charge < -0.3 is 5.32 Å². The molecule has 98 valence electrons. The normalized spacial score (nSPS) is 10.3. The lowest BCUT2D eigenvalue weighted by atomic mass is 10.2. The monoisotopic (exact) mass is 257 g/mol. The third-order valence-corrected chi connectivity index (χ3v) is 2.69. The fourth-order valence-corrected chi connectivity index (χ4v) is 1.82. The molecule has 2 rings (SSSR count). The number of nitriles is 1. The van der Waals surface area contributed by atoms with Gasteiger partial charge in [-0.05, 0) is 25.3 Å². The van der Waals surface area contributed by atoms with Crippen LogP contribution in [0.15, 0.2) is 18.5 Å². The van der Waals surface area contributed by atoms with Crippen LogP contribution in [0.3, 0.4) is 0 Å². The second kappa shape index (κ2) is 5.96. The van der Waals surface area contributed by atoms with E-state index in [1.54, 1.807) is 4.52 Å². The Balaban J connectivity index is 1.85. The number of carbonyl (C=O) groups excluding carboxylic acids is 1. The van der Waals surface area contributed by atoms with Gasteiger partial charge in [-0.1, -0.05) is 0 Å². The summed E-state index contributed by atoms with van der Waals surface area (Å²) < 4.78 is 1.76. The summed E-state index contributed by atoms with van der Waals surface area (Å²) in [6, 6.07) is 3.74. The molecule has 0 aromatic carbocycles. The molecule has 0 aliphatic heterocycles. The number of nitrogens with zero attached hydrogens (tertiary/aromatic N) is 4. The van der Waals surface area contributed by atoms with Crippen molar-refractivity contribution in [3.05, 3.63) is 29.7 Å². The molecule has 2 aromatic heterocycles. The van der Waals surface area contributed by atoms with Gasteiger partial charge in [0.05, 0.1) is 11.8 Å². The Labute approximate surface area is 111 Å². The van der Waals surface area contributed by atoms with E-state index < -0.39 is 0 Å². The van der Waals surface area contributed by atoms with Crippen molar-refractivity contribution < 1.29 is 4.79 Å². The van der Waals surface area contributed by atoms with Crippen molar-refractivity contribution in [3.8, 4) is 6.07 Å². The zero-order valence-electron chi connectivity index (χ0n) is 10.8. The van der Waals surface area contributed by atoms with E-state index in [1.165, 1.54) is 0 Å². The Morgan fingerprint density at radius 1 is 1.58 bits per heavy atom. The number of hydrogen-bond donors (Lipinski definition) is 1. The van der Waals surface area contributed by atoms with Crippen LogP contribution < -0.4 is 5.32 Å². The first kappa shape index (κ1) is 13.0. The van der Waals surface area contributed by atoms with Crippen LogP contribution in [0.1, 0.15) is 24.1 Å². The standard InChI is InChI=1S/C13H15N5O/c1-10-7-12-16-8-11(9-18(12)17-10)3-2-6-15-13(19)4-5-14/h7-9H,2-4,6H2,1H3,(H,15,19). The van der Waals surface area contributed by atoms with Gasteiger partial charge in [0.1, 0.15) is 6.42 Å².